The second-order valence-corrected chi connectivity index (χ2v) is 5.36. The molecule has 1 fully saturated rings. The number of aliphatic carboxylic acids is 1. The predicted molar refractivity (Wildman–Crippen MR) is 74.0 cm³/mol. The van der Waals surface area contributed by atoms with Crippen molar-refractivity contribution in [2.75, 3.05) is 6.54 Å². The number of hydrogen-bond acceptors (Lipinski definition) is 3. The Morgan fingerprint density at radius 3 is 2.35 bits per heavy atom. The van der Waals surface area contributed by atoms with Crippen LogP contribution in [0, 0.1) is 11.8 Å². The maximum absolute atomic E-state index is 12.1. The minimum atomic E-state index is -0.923. The van der Waals surface area contributed by atoms with Crippen molar-refractivity contribution in [2.45, 2.75) is 52.0 Å². The van der Waals surface area contributed by atoms with Gasteiger partial charge in [-0.05, 0) is 26.2 Å². The van der Waals surface area contributed by atoms with Gasteiger partial charge in [0, 0.05) is 6.54 Å². The van der Waals surface area contributed by atoms with Gasteiger partial charge in [-0.15, -0.1) is 0 Å². The van der Waals surface area contributed by atoms with Crippen molar-refractivity contribution >= 4 is 17.8 Å². The molecule has 0 saturated heterocycles. The molecular formula is C14H24N2O4. The third-order valence-electron chi connectivity index (χ3n) is 3.72. The number of carboxylic acid groups (broad SMARTS) is 1. The van der Waals surface area contributed by atoms with Crippen LogP contribution in [-0.2, 0) is 14.4 Å². The lowest BCUT2D eigenvalue weighted by Crippen LogP contribution is -2.49. The number of carboxylic acids is 1. The Labute approximate surface area is 119 Å². The molecular weight excluding hydrogens is 260 g/mol. The molecule has 6 nitrogen and oxygen atoms in total. The maximum atomic E-state index is 12.1. The van der Waals surface area contributed by atoms with Crippen molar-refractivity contribution in [3.8, 4) is 0 Å². The van der Waals surface area contributed by atoms with E-state index in [0.29, 0.717) is 19.4 Å². The largest absolute Gasteiger partial charge is 0.481 e. The highest BCUT2D eigenvalue weighted by Gasteiger charge is 2.36. The van der Waals surface area contributed by atoms with E-state index in [1.54, 1.807) is 6.92 Å². The lowest BCUT2D eigenvalue weighted by atomic mass is 9.78. The van der Waals surface area contributed by atoms with E-state index >= 15 is 0 Å². The lowest BCUT2D eigenvalue weighted by molar-refractivity contribution is -0.149. The summed E-state index contributed by atoms with van der Waals surface area (Å²) >= 11 is 0. The molecule has 0 spiro atoms. The lowest BCUT2D eigenvalue weighted by Gasteiger charge is -2.28. The van der Waals surface area contributed by atoms with Gasteiger partial charge >= 0.3 is 5.97 Å². The monoisotopic (exact) mass is 284 g/mol. The van der Waals surface area contributed by atoms with E-state index in [2.05, 4.69) is 10.6 Å². The molecule has 1 rings (SSSR count). The van der Waals surface area contributed by atoms with Gasteiger partial charge in [0.1, 0.15) is 6.04 Å². The van der Waals surface area contributed by atoms with E-state index in [9.17, 15) is 14.4 Å². The van der Waals surface area contributed by atoms with Crippen molar-refractivity contribution < 1.29 is 19.5 Å². The van der Waals surface area contributed by atoms with Crippen molar-refractivity contribution in [3.63, 3.8) is 0 Å². The van der Waals surface area contributed by atoms with Gasteiger partial charge in [0.2, 0.25) is 11.8 Å². The molecule has 0 aromatic heterocycles. The minimum absolute atomic E-state index is 0.233. The molecule has 0 heterocycles. The Bertz CT molecular complexity index is 370. The zero-order valence-corrected chi connectivity index (χ0v) is 12.1. The highest BCUT2D eigenvalue weighted by atomic mass is 16.4. The highest BCUT2D eigenvalue weighted by molar-refractivity contribution is 5.90. The van der Waals surface area contributed by atoms with Gasteiger partial charge in [-0.3, -0.25) is 14.4 Å². The highest BCUT2D eigenvalue weighted by Crippen LogP contribution is 2.30. The normalized spacial score (nSPS) is 23.7. The van der Waals surface area contributed by atoms with Crippen LogP contribution in [0.3, 0.4) is 0 Å². The van der Waals surface area contributed by atoms with Crippen LogP contribution in [0.15, 0.2) is 0 Å². The number of nitrogens with one attached hydrogen (secondary N) is 2. The molecule has 20 heavy (non-hydrogen) atoms. The number of amides is 2. The molecule has 0 aromatic carbocycles. The Morgan fingerprint density at radius 1 is 1.20 bits per heavy atom. The first kappa shape index (κ1) is 16.5. The molecule has 1 saturated carbocycles. The summed E-state index contributed by atoms with van der Waals surface area (Å²) in [5.41, 5.74) is 0. The summed E-state index contributed by atoms with van der Waals surface area (Å²) in [5.74, 6) is -2.63. The summed E-state index contributed by atoms with van der Waals surface area (Å²) in [6, 6.07) is -0.634. The van der Waals surface area contributed by atoms with Crippen molar-refractivity contribution in [1.29, 1.82) is 0 Å². The van der Waals surface area contributed by atoms with E-state index < -0.39 is 23.8 Å². The summed E-state index contributed by atoms with van der Waals surface area (Å²) in [6.07, 6.45) is 3.64. The molecule has 3 atom stereocenters. The molecule has 3 unspecified atom stereocenters. The van der Waals surface area contributed by atoms with Crippen LogP contribution in [0.2, 0.25) is 0 Å². The van der Waals surface area contributed by atoms with Gasteiger partial charge in [0.25, 0.3) is 0 Å². The van der Waals surface area contributed by atoms with Crippen LogP contribution in [0.25, 0.3) is 0 Å². The molecule has 3 N–H and O–H groups in total. The van der Waals surface area contributed by atoms with E-state index in [1.165, 1.54) is 0 Å². The standard InChI is InChI=1S/C14H24N2O4/c1-3-8-15-12(17)9(2)16-13(18)10-6-4-5-7-11(10)14(19)20/h9-11H,3-8H2,1-2H3,(H,15,17)(H,16,18)(H,19,20). The van der Waals surface area contributed by atoms with Gasteiger partial charge in [-0.25, -0.2) is 0 Å². The first-order valence-electron chi connectivity index (χ1n) is 7.28. The van der Waals surface area contributed by atoms with E-state index in [1.807, 2.05) is 6.92 Å². The van der Waals surface area contributed by atoms with Crippen LogP contribution in [0.5, 0.6) is 0 Å². The Morgan fingerprint density at radius 2 is 1.80 bits per heavy atom. The SMILES string of the molecule is CCCNC(=O)C(C)NC(=O)C1CCCCC1C(=O)O. The van der Waals surface area contributed by atoms with Gasteiger partial charge in [0.05, 0.1) is 11.8 Å². The zero-order chi connectivity index (χ0) is 15.1. The first-order chi connectivity index (χ1) is 9.47. The predicted octanol–water partition coefficient (Wildman–Crippen LogP) is 0.908. The average Bonchev–Trinajstić information content (AvgIpc) is 2.44. The fourth-order valence-electron chi connectivity index (χ4n) is 2.53. The second-order valence-electron chi connectivity index (χ2n) is 5.36. The second kappa shape index (κ2) is 7.87. The van der Waals surface area contributed by atoms with Crippen LogP contribution >= 0.6 is 0 Å². The van der Waals surface area contributed by atoms with Gasteiger partial charge in [-0.2, -0.15) is 0 Å². The van der Waals surface area contributed by atoms with E-state index in [4.69, 9.17) is 5.11 Å². The zero-order valence-electron chi connectivity index (χ0n) is 12.1. The Kier molecular flexibility index (Phi) is 6.48. The molecule has 0 radical (unpaired) electrons. The van der Waals surface area contributed by atoms with Gasteiger partial charge in [0.15, 0.2) is 0 Å². The summed E-state index contributed by atoms with van der Waals surface area (Å²) in [6.45, 7) is 4.13. The molecule has 1 aliphatic carbocycles. The third kappa shape index (κ3) is 4.51. The molecule has 6 heteroatoms. The number of carbonyl (C=O) groups is 3. The summed E-state index contributed by atoms with van der Waals surface area (Å²) in [4.78, 5) is 35.0. The van der Waals surface area contributed by atoms with E-state index in [0.717, 1.165) is 19.3 Å². The van der Waals surface area contributed by atoms with Crippen LogP contribution in [0.4, 0.5) is 0 Å². The third-order valence-corrected chi connectivity index (χ3v) is 3.72. The van der Waals surface area contributed by atoms with Crippen LogP contribution in [-0.4, -0.2) is 35.5 Å². The Hall–Kier alpha value is -1.59. The maximum Gasteiger partial charge on any atom is 0.307 e. The quantitative estimate of drug-likeness (QED) is 0.675. The van der Waals surface area contributed by atoms with Crippen molar-refractivity contribution in [2.24, 2.45) is 11.8 Å². The molecule has 0 aromatic rings. The molecule has 2 amide bonds. The number of rotatable bonds is 6. The molecule has 0 bridgehead atoms. The van der Waals surface area contributed by atoms with Crippen molar-refractivity contribution in [1.82, 2.24) is 10.6 Å². The van der Waals surface area contributed by atoms with E-state index in [-0.39, 0.29) is 11.8 Å². The van der Waals surface area contributed by atoms with Gasteiger partial charge < -0.3 is 15.7 Å². The topological polar surface area (TPSA) is 95.5 Å². The molecule has 1 aliphatic rings. The number of hydrogen-bond donors (Lipinski definition) is 3. The Balaban J connectivity index is 2.55. The fraction of sp³-hybridized carbons (Fsp3) is 0.786. The first-order valence-corrected chi connectivity index (χ1v) is 7.28. The van der Waals surface area contributed by atoms with Crippen LogP contribution < -0.4 is 10.6 Å². The fourth-order valence-corrected chi connectivity index (χ4v) is 2.53. The average molecular weight is 284 g/mol. The minimum Gasteiger partial charge on any atom is -0.481 e. The summed E-state index contributed by atoms with van der Waals surface area (Å²) in [7, 11) is 0. The number of carbonyl (C=O) groups excluding carboxylic acids is 2. The van der Waals surface area contributed by atoms with Gasteiger partial charge in [-0.1, -0.05) is 19.8 Å². The van der Waals surface area contributed by atoms with Crippen molar-refractivity contribution in [3.05, 3.63) is 0 Å². The van der Waals surface area contributed by atoms with Crippen LogP contribution in [0.1, 0.15) is 46.0 Å². The molecule has 114 valence electrons. The molecule has 0 aliphatic heterocycles. The smallest absolute Gasteiger partial charge is 0.307 e. The summed E-state index contributed by atoms with van der Waals surface area (Å²) in [5, 5.41) is 14.5. The summed E-state index contributed by atoms with van der Waals surface area (Å²) < 4.78 is 0.